The van der Waals surface area contributed by atoms with Crippen LogP contribution < -0.4 is 16.4 Å². The summed E-state index contributed by atoms with van der Waals surface area (Å²) in [4.78, 5) is 22.6. The minimum absolute atomic E-state index is 0.0642. The van der Waals surface area contributed by atoms with E-state index in [9.17, 15) is 9.59 Å². The van der Waals surface area contributed by atoms with Gasteiger partial charge < -0.3 is 21.1 Å². The normalized spacial score (nSPS) is 18.6. The van der Waals surface area contributed by atoms with Crippen LogP contribution in [0.15, 0.2) is 18.2 Å². The molecule has 0 aliphatic carbocycles. The summed E-state index contributed by atoms with van der Waals surface area (Å²) in [7, 11) is 1.32. The van der Waals surface area contributed by atoms with Crippen molar-refractivity contribution in [3.05, 3.63) is 23.8 Å². The molecule has 1 unspecified atom stereocenters. The van der Waals surface area contributed by atoms with Gasteiger partial charge in [0, 0.05) is 19.0 Å². The zero-order chi connectivity index (χ0) is 13.8. The lowest BCUT2D eigenvalue weighted by Crippen LogP contribution is -2.42. The Bertz CT molecular complexity index is 492. The minimum atomic E-state index is -0.460. The molecule has 6 nitrogen and oxygen atoms in total. The number of hydrogen-bond acceptors (Lipinski definition) is 5. The van der Waals surface area contributed by atoms with Crippen LogP contribution >= 0.6 is 0 Å². The van der Waals surface area contributed by atoms with E-state index in [0.717, 1.165) is 6.42 Å². The number of ether oxygens (including phenoxy) is 1. The number of nitrogens with two attached hydrogens (primary N) is 1. The van der Waals surface area contributed by atoms with Crippen LogP contribution in [0.25, 0.3) is 0 Å². The van der Waals surface area contributed by atoms with Crippen LogP contribution in [-0.2, 0) is 9.53 Å². The van der Waals surface area contributed by atoms with Gasteiger partial charge in [-0.25, -0.2) is 4.79 Å². The first-order valence-electron chi connectivity index (χ1n) is 6.12. The molecule has 6 heteroatoms. The summed E-state index contributed by atoms with van der Waals surface area (Å²) in [5, 5.41) is 6.03. The number of rotatable bonds is 3. The molecule has 2 rings (SSSR count). The lowest BCUT2D eigenvalue weighted by Gasteiger charge is -2.25. The molecule has 19 heavy (non-hydrogen) atoms. The fourth-order valence-corrected chi connectivity index (χ4v) is 2.05. The molecule has 102 valence electrons. The van der Waals surface area contributed by atoms with Gasteiger partial charge in [-0.15, -0.1) is 0 Å². The number of piperidine rings is 1. The van der Waals surface area contributed by atoms with Crippen LogP contribution in [0.2, 0.25) is 0 Å². The van der Waals surface area contributed by atoms with Crippen molar-refractivity contribution >= 4 is 23.3 Å². The van der Waals surface area contributed by atoms with Crippen molar-refractivity contribution in [2.75, 3.05) is 24.7 Å². The van der Waals surface area contributed by atoms with E-state index in [1.807, 2.05) is 0 Å². The molecule has 0 aromatic heterocycles. The molecule has 0 saturated carbocycles. The quantitative estimate of drug-likeness (QED) is 0.552. The lowest BCUT2D eigenvalue weighted by molar-refractivity contribution is -0.122. The highest BCUT2D eigenvalue weighted by atomic mass is 16.5. The summed E-state index contributed by atoms with van der Waals surface area (Å²) >= 11 is 0. The molecule has 1 aliphatic rings. The fraction of sp³-hybridized carbons (Fsp3) is 0.385. The van der Waals surface area contributed by atoms with Gasteiger partial charge in [0.2, 0.25) is 5.91 Å². The van der Waals surface area contributed by atoms with Crippen LogP contribution in [0.4, 0.5) is 11.4 Å². The molecule has 0 bridgehead atoms. The van der Waals surface area contributed by atoms with Crippen molar-refractivity contribution in [2.45, 2.75) is 18.9 Å². The molecule has 4 N–H and O–H groups in total. The van der Waals surface area contributed by atoms with E-state index < -0.39 is 5.97 Å². The Morgan fingerprint density at radius 3 is 2.95 bits per heavy atom. The molecule has 1 amide bonds. The van der Waals surface area contributed by atoms with Gasteiger partial charge in [-0.05, 0) is 18.6 Å². The zero-order valence-electron chi connectivity index (χ0n) is 10.7. The summed E-state index contributed by atoms with van der Waals surface area (Å²) in [6, 6.07) is 5.28. The van der Waals surface area contributed by atoms with E-state index in [0.29, 0.717) is 29.9 Å². The molecule has 1 heterocycles. The van der Waals surface area contributed by atoms with Crippen molar-refractivity contribution in [3.8, 4) is 0 Å². The number of para-hydroxylation sites is 1. The summed E-state index contributed by atoms with van der Waals surface area (Å²) < 4.78 is 4.67. The van der Waals surface area contributed by atoms with Crippen LogP contribution in [-0.4, -0.2) is 31.6 Å². The van der Waals surface area contributed by atoms with E-state index in [2.05, 4.69) is 15.4 Å². The van der Waals surface area contributed by atoms with E-state index >= 15 is 0 Å². The third-order valence-electron chi connectivity index (χ3n) is 3.14. The first kappa shape index (κ1) is 13.2. The second kappa shape index (κ2) is 5.60. The number of esters is 1. The highest BCUT2D eigenvalue weighted by molar-refractivity contribution is 5.98. The second-order valence-corrected chi connectivity index (χ2v) is 4.44. The van der Waals surface area contributed by atoms with Crippen molar-refractivity contribution < 1.29 is 14.3 Å². The van der Waals surface area contributed by atoms with Gasteiger partial charge in [-0.2, -0.15) is 0 Å². The Morgan fingerprint density at radius 2 is 2.32 bits per heavy atom. The number of amides is 1. The maximum absolute atomic E-state index is 11.5. The average Bonchev–Trinajstić information content (AvgIpc) is 2.43. The predicted octanol–water partition coefficient (Wildman–Crippen LogP) is 0.746. The topological polar surface area (TPSA) is 93.4 Å². The van der Waals surface area contributed by atoms with Gasteiger partial charge in [0.15, 0.2) is 0 Å². The van der Waals surface area contributed by atoms with Crippen LogP contribution in [0.1, 0.15) is 23.2 Å². The number of nitrogen functional groups attached to an aromatic ring is 1. The van der Waals surface area contributed by atoms with Gasteiger partial charge >= 0.3 is 5.97 Å². The second-order valence-electron chi connectivity index (χ2n) is 4.44. The third kappa shape index (κ3) is 2.96. The molecule has 1 atom stereocenters. The van der Waals surface area contributed by atoms with Crippen molar-refractivity contribution in [1.29, 1.82) is 0 Å². The van der Waals surface area contributed by atoms with Gasteiger partial charge in [-0.1, -0.05) is 6.07 Å². The third-order valence-corrected chi connectivity index (χ3v) is 3.14. The summed E-state index contributed by atoms with van der Waals surface area (Å²) in [5.74, 6) is -0.396. The Kier molecular flexibility index (Phi) is 3.89. The van der Waals surface area contributed by atoms with Crippen molar-refractivity contribution in [2.24, 2.45) is 0 Å². The predicted molar refractivity (Wildman–Crippen MR) is 71.8 cm³/mol. The number of carbonyl (C=O) groups is 2. The first-order chi connectivity index (χ1) is 9.11. The summed E-state index contributed by atoms with van der Waals surface area (Å²) in [5.41, 5.74) is 7.34. The molecule has 0 spiro atoms. The molecule has 1 aliphatic heterocycles. The molecular formula is C13H17N3O3. The van der Waals surface area contributed by atoms with Crippen molar-refractivity contribution in [1.82, 2.24) is 5.32 Å². The Hall–Kier alpha value is -2.24. The highest BCUT2D eigenvalue weighted by Gasteiger charge is 2.19. The van der Waals surface area contributed by atoms with Gasteiger partial charge in [0.05, 0.1) is 24.0 Å². The van der Waals surface area contributed by atoms with Crippen LogP contribution in [0, 0.1) is 0 Å². The lowest BCUT2D eigenvalue weighted by atomic mass is 10.1. The van der Waals surface area contributed by atoms with Crippen LogP contribution in [0.3, 0.4) is 0 Å². The van der Waals surface area contributed by atoms with Crippen molar-refractivity contribution in [3.63, 3.8) is 0 Å². The maximum Gasteiger partial charge on any atom is 0.340 e. The average molecular weight is 263 g/mol. The van der Waals surface area contributed by atoms with E-state index in [4.69, 9.17) is 5.73 Å². The minimum Gasteiger partial charge on any atom is -0.465 e. The monoisotopic (exact) mass is 263 g/mol. The zero-order valence-corrected chi connectivity index (χ0v) is 10.7. The first-order valence-corrected chi connectivity index (χ1v) is 6.12. The van der Waals surface area contributed by atoms with Crippen LogP contribution in [0.5, 0.6) is 0 Å². The maximum atomic E-state index is 11.5. The smallest absolute Gasteiger partial charge is 0.340 e. The summed E-state index contributed by atoms with van der Waals surface area (Å²) in [6.45, 7) is 0.556. The molecular weight excluding hydrogens is 246 g/mol. The largest absolute Gasteiger partial charge is 0.465 e. The number of hydrogen-bond donors (Lipinski definition) is 3. The van der Waals surface area contributed by atoms with E-state index in [1.54, 1.807) is 18.2 Å². The summed E-state index contributed by atoms with van der Waals surface area (Å²) in [6.07, 6.45) is 1.24. The molecule has 1 aromatic rings. The number of carbonyl (C=O) groups excluding carboxylic acids is 2. The van der Waals surface area contributed by atoms with Gasteiger partial charge in [0.25, 0.3) is 0 Å². The van der Waals surface area contributed by atoms with Gasteiger partial charge in [-0.3, -0.25) is 4.79 Å². The highest BCUT2D eigenvalue weighted by Crippen LogP contribution is 2.25. The standard InChI is InChI=1S/C13H17N3O3/c1-19-13(18)9-3-2-4-10(12(9)14)16-8-5-6-11(17)15-7-8/h2-4,8,16H,5-7,14H2,1H3,(H,15,17). The van der Waals surface area contributed by atoms with Gasteiger partial charge in [0.1, 0.15) is 0 Å². The fourth-order valence-electron chi connectivity index (χ4n) is 2.05. The molecule has 1 saturated heterocycles. The Morgan fingerprint density at radius 1 is 1.53 bits per heavy atom. The number of methoxy groups -OCH3 is 1. The van der Waals surface area contributed by atoms with E-state index in [1.165, 1.54) is 7.11 Å². The number of benzene rings is 1. The number of anilines is 2. The Balaban J connectivity index is 2.12. The molecule has 1 aromatic carbocycles. The molecule has 1 fully saturated rings. The number of nitrogens with one attached hydrogen (secondary N) is 2. The van der Waals surface area contributed by atoms with E-state index in [-0.39, 0.29) is 11.9 Å². The SMILES string of the molecule is COC(=O)c1cccc(NC2CCC(=O)NC2)c1N. The molecule has 0 radical (unpaired) electrons. The Labute approximate surface area is 111 Å².